The van der Waals surface area contributed by atoms with E-state index in [1.54, 1.807) is 26.0 Å². The van der Waals surface area contributed by atoms with Crippen molar-refractivity contribution < 1.29 is 22.4 Å². The van der Waals surface area contributed by atoms with Gasteiger partial charge in [-0.1, -0.05) is 12.1 Å². The number of rotatable bonds is 9. The lowest BCUT2D eigenvalue weighted by molar-refractivity contribution is -0.140. The summed E-state index contributed by atoms with van der Waals surface area (Å²) in [5, 5.41) is 10.9. The van der Waals surface area contributed by atoms with Gasteiger partial charge in [-0.25, -0.2) is 13.9 Å². The van der Waals surface area contributed by atoms with Gasteiger partial charge in [-0.05, 0) is 50.8 Å². The third kappa shape index (κ3) is 6.12. The first-order valence-corrected chi connectivity index (χ1v) is 10.6. The van der Waals surface area contributed by atoms with Crippen LogP contribution in [0, 0.1) is 12.7 Å². The zero-order valence-corrected chi connectivity index (χ0v) is 19.1. The smallest absolute Gasteiger partial charge is 0.348 e. The Balaban J connectivity index is 1.80. The average Bonchev–Trinajstić information content (AvgIpc) is 3.52. The zero-order valence-electron chi connectivity index (χ0n) is 19.1. The molecular formula is C22H26F4N6O2. The van der Waals surface area contributed by atoms with Crippen LogP contribution >= 0.6 is 0 Å². The van der Waals surface area contributed by atoms with Crippen molar-refractivity contribution in [3.8, 4) is 0 Å². The summed E-state index contributed by atoms with van der Waals surface area (Å²) in [4.78, 5) is 25.5. The van der Waals surface area contributed by atoms with Crippen molar-refractivity contribution in [1.82, 2.24) is 24.7 Å². The van der Waals surface area contributed by atoms with Gasteiger partial charge in [-0.15, -0.1) is 5.10 Å². The van der Waals surface area contributed by atoms with Gasteiger partial charge in [0, 0.05) is 24.5 Å². The normalized spacial score (nSPS) is 15.2. The van der Waals surface area contributed by atoms with Crippen molar-refractivity contribution in [2.24, 2.45) is 5.10 Å². The highest BCUT2D eigenvalue weighted by Gasteiger charge is 2.32. The van der Waals surface area contributed by atoms with Crippen LogP contribution in [0.2, 0.25) is 0 Å². The van der Waals surface area contributed by atoms with Gasteiger partial charge in [0.2, 0.25) is 5.91 Å². The zero-order chi connectivity index (χ0) is 25.2. The molecule has 0 aliphatic heterocycles. The number of aryl methyl sites for hydroxylation is 1. The van der Waals surface area contributed by atoms with Crippen molar-refractivity contribution in [1.29, 1.82) is 0 Å². The molecular weight excluding hydrogens is 456 g/mol. The number of carbonyl (C=O) groups is 1. The van der Waals surface area contributed by atoms with E-state index in [-0.39, 0.29) is 17.4 Å². The SMILES string of the molecule is C=NN(/C=C(\C)c1nn(CC(=O)N[C@@H](C)c2ccc(C)c(F)c2)c(=O)n1C1CC1)CC(F)(F)F. The lowest BCUT2D eigenvalue weighted by Crippen LogP contribution is -2.35. The number of halogens is 4. The summed E-state index contributed by atoms with van der Waals surface area (Å²) in [5.41, 5.74) is 0.774. The number of benzene rings is 1. The molecule has 0 bridgehead atoms. The molecule has 1 atom stereocenters. The highest BCUT2D eigenvalue weighted by atomic mass is 19.4. The highest BCUT2D eigenvalue weighted by molar-refractivity contribution is 5.76. The van der Waals surface area contributed by atoms with Crippen molar-refractivity contribution >= 4 is 18.2 Å². The van der Waals surface area contributed by atoms with Crippen LogP contribution in [0.3, 0.4) is 0 Å². The lowest BCUT2D eigenvalue weighted by atomic mass is 10.1. The Hall–Kier alpha value is -3.44. The van der Waals surface area contributed by atoms with E-state index in [0.29, 0.717) is 16.1 Å². The first kappa shape index (κ1) is 25.2. The molecule has 1 aliphatic carbocycles. The number of nitrogens with zero attached hydrogens (tertiary/aromatic N) is 5. The summed E-state index contributed by atoms with van der Waals surface area (Å²) < 4.78 is 54.4. The average molecular weight is 482 g/mol. The van der Waals surface area contributed by atoms with E-state index in [1.807, 2.05) is 0 Å². The van der Waals surface area contributed by atoms with E-state index in [4.69, 9.17) is 0 Å². The largest absolute Gasteiger partial charge is 0.408 e. The third-order valence-corrected chi connectivity index (χ3v) is 5.37. The lowest BCUT2D eigenvalue weighted by Gasteiger charge is -2.17. The Kier molecular flexibility index (Phi) is 7.27. The number of alkyl halides is 3. The van der Waals surface area contributed by atoms with Crippen LogP contribution in [0.1, 0.15) is 55.7 Å². The molecule has 0 saturated heterocycles. The van der Waals surface area contributed by atoms with Crippen molar-refractivity contribution in [3.63, 3.8) is 0 Å². The topological polar surface area (TPSA) is 84.5 Å². The molecule has 1 fully saturated rings. The maximum atomic E-state index is 13.8. The van der Waals surface area contributed by atoms with E-state index >= 15 is 0 Å². The molecule has 0 spiro atoms. The fourth-order valence-corrected chi connectivity index (χ4v) is 3.44. The van der Waals surface area contributed by atoms with Gasteiger partial charge in [0.15, 0.2) is 5.82 Å². The standard InChI is InChI=1S/C22H26F4N6O2/c1-13-5-6-16(9-18(13)23)15(3)28-19(33)11-31-21(34)32(17-7-8-17)20(29-31)14(2)10-30(27-4)12-22(24,25)26/h5-6,9-10,15,17H,4,7-8,11-12H2,1-3H3,(H,28,33)/b14-10+/t15-/m0/s1. The molecule has 2 aromatic rings. The van der Waals surface area contributed by atoms with Crippen LogP contribution in [0.4, 0.5) is 17.6 Å². The Morgan fingerprint density at radius 3 is 2.65 bits per heavy atom. The maximum Gasteiger partial charge on any atom is 0.408 e. The molecule has 1 N–H and O–H groups in total. The molecule has 34 heavy (non-hydrogen) atoms. The Morgan fingerprint density at radius 1 is 1.41 bits per heavy atom. The molecule has 1 aliphatic rings. The van der Waals surface area contributed by atoms with Gasteiger partial charge in [0.1, 0.15) is 18.9 Å². The predicted molar refractivity (Wildman–Crippen MR) is 118 cm³/mol. The Labute approximate surface area is 193 Å². The molecule has 12 heteroatoms. The third-order valence-electron chi connectivity index (χ3n) is 5.37. The summed E-state index contributed by atoms with van der Waals surface area (Å²) in [5.74, 6) is -0.751. The quantitative estimate of drug-likeness (QED) is 0.337. The first-order chi connectivity index (χ1) is 15.9. The fraction of sp³-hybridized carbons (Fsp3) is 0.455. The number of aromatic nitrogens is 3. The summed E-state index contributed by atoms with van der Waals surface area (Å²) in [7, 11) is 0. The fourth-order valence-electron chi connectivity index (χ4n) is 3.44. The number of allylic oxidation sites excluding steroid dienone is 1. The molecule has 184 valence electrons. The highest BCUT2D eigenvalue weighted by Crippen LogP contribution is 2.35. The van der Waals surface area contributed by atoms with E-state index in [0.717, 1.165) is 23.7 Å². The molecule has 1 aromatic heterocycles. The van der Waals surface area contributed by atoms with Gasteiger partial charge in [0.25, 0.3) is 0 Å². The number of amides is 1. The Morgan fingerprint density at radius 2 is 2.09 bits per heavy atom. The van der Waals surface area contributed by atoms with Gasteiger partial charge in [-0.3, -0.25) is 14.4 Å². The number of hydrazone groups is 1. The number of carbonyl (C=O) groups excluding carboxylic acids is 1. The summed E-state index contributed by atoms with van der Waals surface area (Å²) in [6.07, 6.45) is -1.94. The molecule has 1 saturated carbocycles. The second kappa shape index (κ2) is 9.82. The number of hydrogen-bond acceptors (Lipinski definition) is 5. The predicted octanol–water partition coefficient (Wildman–Crippen LogP) is 3.55. The number of nitrogens with one attached hydrogen (secondary N) is 1. The minimum absolute atomic E-state index is 0.134. The minimum atomic E-state index is -4.50. The summed E-state index contributed by atoms with van der Waals surface area (Å²) in [6.45, 7) is 6.23. The molecule has 8 nitrogen and oxygen atoms in total. The van der Waals surface area contributed by atoms with Crippen molar-refractivity contribution in [2.75, 3.05) is 6.54 Å². The van der Waals surface area contributed by atoms with Gasteiger partial charge in [-0.2, -0.15) is 18.3 Å². The van der Waals surface area contributed by atoms with E-state index in [1.165, 1.54) is 17.6 Å². The summed E-state index contributed by atoms with van der Waals surface area (Å²) >= 11 is 0. The summed E-state index contributed by atoms with van der Waals surface area (Å²) in [6, 6.07) is 3.99. The molecule has 1 aromatic carbocycles. The van der Waals surface area contributed by atoms with Crippen molar-refractivity contribution in [2.45, 2.75) is 58.4 Å². The second-order valence-corrected chi connectivity index (χ2v) is 8.33. The van der Waals surface area contributed by atoms with Crippen molar-refractivity contribution in [3.05, 3.63) is 57.7 Å². The monoisotopic (exact) mass is 482 g/mol. The van der Waals surface area contributed by atoms with Crippen LogP contribution in [0.25, 0.3) is 5.57 Å². The van der Waals surface area contributed by atoms with E-state index in [9.17, 15) is 27.2 Å². The molecule has 1 amide bonds. The van der Waals surface area contributed by atoms with E-state index in [2.05, 4.69) is 22.2 Å². The maximum absolute atomic E-state index is 13.8. The second-order valence-electron chi connectivity index (χ2n) is 8.33. The van der Waals surface area contributed by atoms with Crippen LogP contribution < -0.4 is 11.0 Å². The van der Waals surface area contributed by atoms with Crippen LogP contribution in [-0.4, -0.2) is 44.7 Å². The molecule has 0 unspecified atom stereocenters. The van der Waals surface area contributed by atoms with Crippen LogP contribution in [0.15, 0.2) is 34.3 Å². The molecule has 3 rings (SSSR count). The molecule has 1 heterocycles. The minimum Gasteiger partial charge on any atom is -0.348 e. The van der Waals surface area contributed by atoms with Gasteiger partial charge < -0.3 is 5.32 Å². The number of hydrogen-bond donors (Lipinski definition) is 1. The van der Waals surface area contributed by atoms with Crippen LogP contribution in [-0.2, 0) is 11.3 Å². The Bertz CT molecular complexity index is 1160. The van der Waals surface area contributed by atoms with Crippen LogP contribution in [0.5, 0.6) is 0 Å². The molecule has 0 radical (unpaired) electrons. The van der Waals surface area contributed by atoms with Gasteiger partial charge >= 0.3 is 11.9 Å². The van der Waals surface area contributed by atoms with Gasteiger partial charge in [0.05, 0.1) is 6.04 Å². The first-order valence-electron chi connectivity index (χ1n) is 10.6. The van der Waals surface area contributed by atoms with E-state index < -0.39 is 42.7 Å².